The number of rotatable bonds is 2. The molecule has 0 unspecified atom stereocenters. The second-order valence-electron chi connectivity index (χ2n) is 5.37. The van der Waals surface area contributed by atoms with Gasteiger partial charge in [-0.2, -0.15) is 4.98 Å². The number of nitrogens with zero attached hydrogens (tertiary/aromatic N) is 3. The molecular weight excluding hydrogens is 264 g/mol. The molecule has 1 atom stereocenters. The molecular formula is C16H16N4O. The highest BCUT2D eigenvalue weighted by Gasteiger charge is 2.21. The van der Waals surface area contributed by atoms with Gasteiger partial charge in [0, 0.05) is 17.1 Å². The Labute approximate surface area is 122 Å². The maximum Gasteiger partial charge on any atom is 0.244 e. The maximum absolute atomic E-state index is 5.43. The number of pyridine rings is 1. The minimum absolute atomic E-state index is 0.196. The molecule has 1 aromatic carbocycles. The van der Waals surface area contributed by atoms with Crippen LogP contribution < -0.4 is 5.32 Å². The predicted octanol–water partition coefficient (Wildman–Crippen LogP) is 3.10. The summed E-state index contributed by atoms with van der Waals surface area (Å²) in [5.41, 5.74) is 1.93. The largest absolute Gasteiger partial charge is 0.337 e. The Morgan fingerprint density at radius 1 is 1.19 bits per heavy atom. The van der Waals surface area contributed by atoms with E-state index in [1.165, 1.54) is 12.8 Å². The molecule has 3 heterocycles. The average molecular weight is 280 g/mol. The van der Waals surface area contributed by atoms with Crippen molar-refractivity contribution in [1.82, 2.24) is 20.4 Å². The summed E-state index contributed by atoms with van der Waals surface area (Å²) in [5.74, 6) is 1.33. The lowest BCUT2D eigenvalue weighted by Gasteiger charge is -2.19. The molecule has 1 aliphatic heterocycles. The van der Waals surface area contributed by atoms with Gasteiger partial charge in [-0.15, -0.1) is 0 Å². The highest BCUT2D eigenvalue weighted by molar-refractivity contribution is 5.82. The number of nitrogens with one attached hydrogen (secondary N) is 1. The molecule has 5 nitrogen and oxygen atoms in total. The van der Waals surface area contributed by atoms with Crippen LogP contribution in [0.15, 0.2) is 41.1 Å². The van der Waals surface area contributed by atoms with Gasteiger partial charge in [-0.05, 0) is 43.7 Å². The maximum atomic E-state index is 5.43. The summed E-state index contributed by atoms with van der Waals surface area (Å²) in [6, 6.07) is 10.2. The van der Waals surface area contributed by atoms with Gasteiger partial charge in [0.05, 0.1) is 11.6 Å². The third kappa shape index (κ3) is 2.40. The highest BCUT2D eigenvalue weighted by atomic mass is 16.5. The van der Waals surface area contributed by atoms with Crippen LogP contribution in [-0.2, 0) is 0 Å². The molecule has 5 heteroatoms. The van der Waals surface area contributed by atoms with Crippen molar-refractivity contribution in [3.05, 3.63) is 42.4 Å². The van der Waals surface area contributed by atoms with Crippen molar-refractivity contribution >= 4 is 10.9 Å². The summed E-state index contributed by atoms with van der Waals surface area (Å²) >= 11 is 0. The molecule has 0 radical (unpaired) electrons. The molecule has 0 aliphatic carbocycles. The van der Waals surface area contributed by atoms with Gasteiger partial charge in [0.1, 0.15) is 0 Å². The summed E-state index contributed by atoms with van der Waals surface area (Å²) in [7, 11) is 0. The smallest absolute Gasteiger partial charge is 0.244 e. The van der Waals surface area contributed by atoms with E-state index in [4.69, 9.17) is 4.52 Å². The van der Waals surface area contributed by atoms with E-state index >= 15 is 0 Å². The Bertz CT molecular complexity index is 762. The van der Waals surface area contributed by atoms with Crippen LogP contribution in [-0.4, -0.2) is 21.7 Å². The van der Waals surface area contributed by atoms with Crippen molar-refractivity contribution < 1.29 is 4.52 Å². The molecule has 0 spiro atoms. The monoisotopic (exact) mass is 280 g/mol. The average Bonchev–Trinajstić information content (AvgIpc) is 3.05. The van der Waals surface area contributed by atoms with Crippen molar-refractivity contribution in [2.45, 2.75) is 25.3 Å². The Morgan fingerprint density at radius 2 is 2.19 bits per heavy atom. The SMILES string of the molecule is c1cnc2ccc(-c3noc([C@H]4CCCCN4)n3)cc2c1. The first-order valence-electron chi connectivity index (χ1n) is 7.32. The number of hydrogen-bond donors (Lipinski definition) is 1. The molecule has 4 rings (SSSR count). The van der Waals surface area contributed by atoms with E-state index < -0.39 is 0 Å². The molecule has 106 valence electrons. The Kier molecular flexibility index (Phi) is 3.12. The third-order valence-corrected chi connectivity index (χ3v) is 3.91. The van der Waals surface area contributed by atoms with Crippen LogP contribution in [0.4, 0.5) is 0 Å². The molecule has 1 aliphatic rings. The van der Waals surface area contributed by atoms with Crippen molar-refractivity contribution in [2.24, 2.45) is 0 Å². The quantitative estimate of drug-likeness (QED) is 0.781. The topological polar surface area (TPSA) is 63.8 Å². The van der Waals surface area contributed by atoms with E-state index in [1.54, 1.807) is 6.20 Å². The molecule has 1 N–H and O–H groups in total. The minimum atomic E-state index is 0.196. The Morgan fingerprint density at radius 3 is 3.10 bits per heavy atom. The zero-order valence-electron chi connectivity index (χ0n) is 11.6. The second-order valence-corrected chi connectivity index (χ2v) is 5.37. The van der Waals surface area contributed by atoms with E-state index in [9.17, 15) is 0 Å². The lowest BCUT2D eigenvalue weighted by molar-refractivity contribution is 0.297. The lowest BCUT2D eigenvalue weighted by Crippen LogP contribution is -2.26. The zero-order valence-corrected chi connectivity index (χ0v) is 11.6. The van der Waals surface area contributed by atoms with Gasteiger partial charge in [0.15, 0.2) is 0 Å². The molecule has 0 bridgehead atoms. The summed E-state index contributed by atoms with van der Waals surface area (Å²) in [5, 5.41) is 8.63. The van der Waals surface area contributed by atoms with Gasteiger partial charge in [-0.3, -0.25) is 4.98 Å². The van der Waals surface area contributed by atoms with Crippen molar-refractivity contribution in [1.29, 1.82) is 0 Å². The van der Waals surface area contributed by atoms with Crippen LogP contribution in [0, 0.1) is 0 Å². The van der Waals surface area contributed by atoms with Gasteiger partial charge in [0.25, 0.3) is 0 Å². The summed E-state index contributed by atoms with van der Waals surface area (Å²) < 4.78 is 5.43. The third-order valence-electron chi connectivity index (χ3n) is 3.91. The van der Waals surface area contributed by atoms with Gasteiger partial charge in [-0.1, -0.05) is 17.6 Å². The number of fused-ring (bicyclic) bond motifs is 1. The summed E-state index contributed by atoms with van der Waals surface area (Å²) in [4.78, 5) is 8.87. The van der Waals surface area contributed by atoms with Gasteiger partial charge >= 0.3 is 0 Å². The molecule has 2 aromatic heterocycles. The number of benzene rings is 1. The lowest BCUT2D eigenvalue weighted by atomic mass is 10.1. The first-order chi connectivity index (χ1) is 10.4. The van der Waals surface area contributed by atoms with Crippen molar-refractivity contribution in [3.8, 4) is 11.4 Å². The van der Waals surface area contributed by atoms with Crippen LogP contribution in [0.5, 0.6) is 0 Å². The fourth-order valence-corrected chi connectivity index (χ4v) is 2.77. The van der Waals surface area contributed by atoms with E-state index in [2.05, 4.69) is 20.4 Å². The van der Waals surface area contributed by atoms with Crippen molar-refractivity contribution in [2.75, 3.05) is 6.54 Å². The van der Waals surface area contributed by atoms with E-state index in [-0.39, 0.29) is 6.04 Å². The Hall–Kier alpha value is -2.27. The van der Waals surface area contributed by atoms with Gasteiger partial charge in [-0.25, -0.2) is 0 Å². The molecule has 1 fully saturated rings. The summed E-state index contributed by atoms with van der Waals surface area (Å²) in [6.07, 6.45) is 5.28. The first kappa shape index (κ1) is 12.5. The predicted molar refractivity (Wildman–Crippen MR) is 79.6 cm³/mol. The fourth-order valence-electron chi connectivity index (χ4n) is 2.77. The minimum Gasteiger partial charge on any atom is -0.337 e. The number of piperidine rings is 1. The van der Waals surface area contributed by atoms with Crippen LogP contribution in [0.25, 0.3) is 22.3 Å². The second kappa shape index (κ2) is 5.26. The molecule has 3 aromatic rings. The molecule has 0 saturated carbocycles. The van der Waals surface area contributed by atoms with Gasteiger partial charge in [0.2, 0.25) is 11.7 Å². The highest BCUT2D eigenvalue weighted by Crippen LogP contribution is 2.25. The zero-order chi connectivity index (χ0) is 14.1. The van der Waals surface area contributed by atoms with Crippen LogP contribution in [0.3, 0.4) is 0 Å². The van der Waals surface area contributed by atoms with Crippen molar-refractivity contribution in [3.63, 3.8) is 0 Å². The van der Waals surface area contributed by atoms with Gasteiger partial charge < -0.3 is 9.84 Å². The van der Waals surface area contributed by atoms with Crippen LogP contribution >= 0.6 is 0 Å². The summed E-state index contributed by atoms with van der Waals surface area (Å²) in [6.45, 7) is 1.02. The van der Waals surface area contributed by atoms with Crippen LogP contribution in [0.2, 0.25) is 0 Å². The molecule has 21 heavy (non-hydrogen) atoms. The molecule has 0 amide bonds. The van der Waals surface area contributed by atoms with E-state index in [0.29, 0.717) is 11.7 Å². The standard InChI is InChI=1S/C16H16N4O/c1-2-8-18-14(5-1)16-19-15(20-21-16)12-6-7-13-11(10-12)4-3-9-17-13/h3-4,6-7,9-10,14,18H,1-2,5,8H2/t14-/m1/s1. The Balaban J connectivity index is 1.67. The van der Waals surface area contributed by atoms with E-state index in [0.717, 1.165) is 29.4 Å². The molecule has 1 saturated heterocycles. The normalized spacial score (nSPS) is 19.0. The van der Waals surface area contributed by atoms with E-state index in [1.807, 2.05) is 30.3 Å². The number of aromatic nitrogens is 3. The van der Waals surface area contributed by atoms with Crippen LogP contribution in [0.1, 0.15) is 31.2 Å². The first-order valence-corrected chi connectivity index (χ1v) is 7.32. The fraction of sp³-hybridized carbons (Fsp3) is 0.312. The number of hydrogen-bond acceptors (Lipinski definition) is 5.